The van der Waals surface area contributed by atoms with E-state index in [-0.39, 0.29) is 0 Å². The van der Waals surface area contributed by atoms with Crippen LogP contribution < -0.4 is 11.1 Å². The van der Waals surface area contributed by atoms with Gasteiger partial charge in [0.1, 0.15) is 17.0 Å². The lowest BCUT2D eigenvalue weighted by Gasteiger charge is -2.05. The summed E-state index contributed by atoms with van der Waals surface area (Å²) in [6.07, 6.45) is 2.45. The third-order valence-electron chi connectivity index (χ3n) is 2.00. The molecule has 0 aliphatic carbocycles. The van der Waals surface area contributed by atoms with Gasteiger partial charge in [-0.25, -0.2) is 9.97 Å². The van der Waals surface area contributed by atoms with Crippen molar-refractivity contribution >= 4 is 39.0 Å². The molecule has 0 amide bonds. The van der Waals surface area contributed by atoms with Crippen molar-refractivity contribution in [3.05, 3.63) is 16.7 Å². The van der Waals surface area contributed by atoms with Gasteiger partial charge in [0.05, 0.1) is 10.4 Å². The lowest BCUT2D eigenvalue weighted by molar-refractivity contribution is 0.871. The molecule has 0 aromatic carbocycles. The lowest BCUT2D eigenvalue weighted by Crippen LogP contribution is -2.09. The second kappa shape index (κ2) is 4.74. The molecule has 0 spiro atoms. The first-order valence-electron chi connectivity index (χ1n) is 4.64. The molecule has 3 N–H and O–H groups in total. The molecule has 2 rings (SSSR count). The van der Waals surface area contributed by atoms with Gasteiger partial charge in [0.25, 0.3) is 0 Å². The van der Waals surface area contributed by atoms with Gasteiger partial charge in [-0.15, -0.1) is 11.3 Å². The van der Waals surface area contributed by atoms with Crippen LogP contribution in [-0.4, -0.2) is 23.1 Å². The summed E-state index contributed by atoms with van der Waals surface area (Å²) in [6, 6.07) is 0. The molecule has 2 heterocycles. The van der Waals surface area contributed by atoms with Gasteiger partial charge in [0, 0.05) is 11.9 Å². The van der Waals surface area contributed by atoms with Gasteiger partial charge in [0.15, 0.2) is 0 Å². The molecule has 0 fully saturated rings. The van der Waals surface area contributed by atoms with E-state index < -0.39 is 0 Å². The Morgan fingerprint density at radius 1 is 1.47 bits per heavy atom. The minimum absolute atomic E-state index is 0.665. The fourth-order valence-electron chi connectivity index (χ4n) is 1.28. The largest absolute Gasteiger partial charge is 0.369 e. The first-order valence-corrected chi connectivity index (χ1v) is 5.90. The quantitative estimate of drug-likeness (QED) is 0.806. The fourth-order valence-corrected chi connectivity index (χ4v) is 2.42. The van der Waals surface area contributed by atoms with Gasteiger partial charge in [-0.3, -0.25) is 0 Å². The molecule has 0 aliphatic heterocycles. The average Bonchev–Trinajstić information content (AvgIpc) is 2.62. The van der Waals surface area contributed by atoms with Crippen LogP contribution in [0.2, 0.25) is 5.02 Å². The lowest BCUT2D eigenvalue weighted by atomic mass is 10.3. The fraction of sp³-hybridized carbons (Fsp3) is 0.333. The molecule has 0 atom stereocenters. The van der Waals surface area contributed by atoms with E-state index in [2.05, 4.69) is 15.3 Å². The highest BCUT2D eigenvalue weighted by molar-refractivity contribution is 7.17. The van der Waals surface area contributed by atoms with E-state index >= 15 is 0 Å². The summed E-state index contributed by atoms with van der Waals surface area (Å²) in [5.74, 6) is 0.791. The van der Waals surface area contributed by atoms with Crippen LogP contribution in [0.5, 0.6) is 0 Å². The van der Waals surface area contributed by atoms with E-state index in [9.17, 15) is 0 Å². The van der Waals surface area contributed by atoms with Crippen LogP contribution in [0.15, 0.2) is 11.7 Å². The Morgan fingerprint density at radius 2 is 2.33 bits per heavy atom. The van der Waals surface area contributed by atoms with E-state index in [1.54, 1.807) is 6.33 Å². The number of nitrogens with one attached hydrogen (secondary N) is 1. The number of anilines is 1. The summed E-state index contributed by atoms with van der Waals surface area (Å²) >= 11 is 7.58. The Balaban J connectivity index is 2.29. The molecule has 4 nitrogen and oxygen atoms in total. The minimum Gasteiger partial charge on any atom is -0.369 e. The van der Waals surface area contributed by atoms with E-state index in [0.717, 1.165) is 29.0 Å². The first-order chi connectivity index (χ1) is 7.33. The molecular weight excluding hydrogens is 232 g/mol. The first kappa shape index (κ1) is 10.6. The van der Waals surface area contributed by atoms with E-state index in [1.165, 1.54) is 11.3 Å². The van der Waals surface area contributed by atoms with E-state index in [1.807, 2.05) is 5.38 Å². The molecule has 6 heteroatoms. The van der Waals surface area contributed by atoms with Gasteiger partial charge < -0.3 is 11.1 Å². The topological polar surface area (TPSA) is 63.8 Å². The molecule has 2 aromatic heterocycles. The zero-order valence-corrected chi connectivity index (χ0v) is 9.61. The second-order valence-corrected chi connectivity index (χ2v) is 4.32. The maximum Gasteiger partial charge on any atom is 0.139 e. The van der Waals surface area contributed by atoms with Gasteiger partial charge in [-0.05, 0) is 13.0 Å². The van der Waals surface area contributed by atoms with Crippen molar-refractivity contribution in [2.24, 2.45) is 5.73 Å². The number of fused-ring (bicyclic) bond motifs is 1. The number of thiophene rings is 1. The van der Waals surface area contributed by atoms with Crippen LogP contribution in [0, 0.1) is 0 Å². The Bertz CT molecular complexity index is 456. The third-order valence-corrected chi connectivity index (χ3v) is 3.31. The molecule has 15 heavy (non-hydrogen) atoms. The van der Waals surface area contributed by atoms with Crippen molar-refractivity contribution in [3.8, 4) is 0 Å². The Morgan fingerprint density at radius 3 is 3.13 bits per heavy atom. The summed E-state index contributed by atoms with van der Waals surface area (Å²) in [6.45, 7) is 1.47. The van der Waals surface area contributed by atoms with Crippen LogP contribution in [0.4, 0.5) is 5.82 Å². The standard InChI is InChI=1S/C9H11ClN4S/c10-6-4-15-9-7(6)8(13-5-14-9)12-3-1-2-11/h4-5H,1-3,11H2,(H,12,13,14). The summed E-state index contributed by atoms with van der Waals surface area (Å²) in [4.78, 5) is 9.23. The normalized spacial score (nSPS) is 10.8. The van der Waals surface area contributed by atoms with Gasteiger partial charge in [-0.2, -0.15) is 0 Å². The highest BCUT2D eigenvalue weighted by Gasteiger charge is 2.08. The van der Waals surface area contributed by atoms with E-state index in [4.69, 9.17) is 17.3 Å². The summed E-state index contributed by atoms with van der Waals surface area (Å²) in [7, 11) is 0. The van der Waals surface area contributed by atoms with Crippen molar-refractivity contribution in [1.29, 1.82) is 0 Å². The smallest absolute Gasteiger partial charge is 0.139 e. The van der Waals surface area contributed by atoms with Crippen molar-refractivity contribution in [2.75, 3.05) is 18.4 Å². The molecular formula is C9H11ClN4S. The van der Waals surface area contributed by atoms with E-state index in [0.29, 0.717) is 11.6 Å². The summed E-state index contributed by atoms with van der Waals surface area (Å²) in [5.41, 5.74) is 5.42. The van der Waals surface area contributed by atoms with Crippen LogP contribution in [0.25, 0.3) is 10.2 Å². The van der Waals surface area contributed by atoms with Crippen molar-refractivity contribution < 1.29 is 0 Å². The molecule has 0 radical (unpaired) electrons. The number of hydrogen-bond donors (Lipinski definition) is 2. The van der Waals surface area contributed by atoms with Crippen molar-refractivity contribution in [2.45, 2.75) is 6.42 Å². The SMILES string of the molecule is NCCCNc1ncnc2scc(Cl)c12. The maximum atomic E-state index is 6.06. The van der Waals surface area contributed by atoms with Gasteiger partial charge in [-0.1, -0.05) is 11.6 Å². The predicted octanol–water partition coefficient (Wildman–Crippen LogP) is 2.11. The minimum atomic E-state index is 0.665. The Labute approximate surface area is 96.5 Å². The van der Waals surface area contributed by atoms with Crippen LogP contribution >= 0.6 is 22.9 Å². The van der Waals surface area contributed by atoms with Crippen LogP contribution in [-0.2, 0) is 0 Å². The molecule has 0 saturated carbocycles. The third kappa shape index (κ3) is 2.19. The zero-order chi connectivity index (χ0) is 10.7. The summed E-state index contributed by atoms with van der Waals surface area (Å²) < 4.78 is 0. The van der Waals surface area contributed by atoms with Crippen LogP contribution in [0.3, 0.4) is 0 Å². The predicted molar refractivity (Wildman–Crippen MR) is 64.6 cm³/mol. The monoisotopic (exact) mass is 242 g/mol. The summed E-state index contributed by atoms with van der Waals surface area (Å²) in [5, 5.41) is 6.68. The number of rotatable bonds is 4. The number of halogens is 1. The second-order valence-electron chi connectivity index (χ2n) is 3.06. The number of hydrogen-bond acceptors (Lipinski definition) is 5. The highest BCUT2D eigenvalue weighted by atomic mass is 35.5. The molecule has 0 unspecified atom stereocenters. The van der Waals surface area contributed by atoms with Gasteiger partial charge >= 0.3 is 0 Å². The zero-order valence-electron chi connectivity index (χ0n) is 8.03. The van der Waals surface area contributed by atoms with Crippen molar-refractivity contribution in [3.63, 3.8) is 0 Å². The average molecular weight is 243 g/mol. The number of nitrogens with zero attached hydrogens (tertiary/aromatic N) is 2. The maximum absolute atomic E-state index is 6.06. The van der Waals surface area contributed by atoms with Crippen molar-refractivity contribution in [1.82, 2.24) is 9.97 Å². The van der Waals surface area contributed by atoms with Crippen LogP contribution in [0.1, 0.15) is 6.42 Å². The number of nitrogens with two attached hydrogens (primary N) is 1. The van der Waals surface area contributed by atoms with Gasteiger partial charge in [0.2, 0.25) is 0 Å². The molecule has 0 aliphatic rings. The molecule has 2 aromatic rings. The highest BCUT2D eigenvalue weighted by Crippen LogP contribution is 2.32. The Hall–Kier alpha value is -0.910. The molecule has 0 bridgehead atoms. The molecule has 80 valence electrons. The Kier molecular flexibility index (Phi) is 3.35. The molecule has 0 saturated heterocycles. The number of aromatic nitrogens is 2.